The predicted molar refractivity (Wildman–Crippen MR) is 37.4 cm³/mol. The Morgan fingerprint density at radius 1 is 1.36 bits per heavy atom. The molecule has 0 amide bonds. The summed E-state index contributed by atoms with van der Waals surface area (Å²) >= 11 is 0. The van der Waals surface area contributed by atoms with Gasteiger partial charge in [0.05, 0.1) is 5.60 Å². The molecule has 1 aliphatic rings. The van der Waals surface area contributed by atoms with Gasteiger partial charge in [0.1, 0.15) is 0 Å². The fraction of sp³-hybridized carbons (Fsp3) is 1.00. The molecule has 0 heterocycles. The lowest BCUT2D eigenvalue weighted by Gasteiger charge is -2.35. The molecule has 11 heavy (non-hydrogen) atoms. The van der Waals surface area contributed by atoms with Gasteiger partial charge in [0.15, 0.2) is 0 Å². The summed E-state index contributed by atoms with van der Waals surface area (Å²) in [6, 6.07) is 0. The van der Waals surface area contributed by atoms with E-state index < -0.39 is 17.9 Å². The lowest BCUT2D eigenvalue weighted by atomic mass is 9.83. The van der Waals surface area contributed by atoms with Gasteiger partial charge in [-0.1, -0.05) is 0 Å². The maximum atomic E-state index is 12.7. The molecule has 0 spiro atoms. The maximum Gasteiger partial charge on any atom is 0.250 e. The van der Waals surface area contributed by atoms with Crippen molar-refractivity contribution >= 4 is 0 Å². The molecule has 1 atom stereocenters. The summed E-state index contributed by atoms with van der Waals surface area (Å²) in [5.41, 5.74) is 3.86. The molecule has 0 aliphatic heterocycles. The highest BCUT2D eigenvalue weighted by Crippen LogP contribution is 2.38. The van der Waals surface area contributed by atoms with Crippen molar-refractivity contribution in [3.8, 4) is 0 Å². The van der Waals surface area contributed by atoms with Gasteiger partial charge < -0.3 is 10.8 Å². The van der Waals surface area contributed by atoms with E-state index in [0.717, 1.165) is 0 Å². The highest BCUT2D eigenvalue weighted by atomic mass is 19.3. The number of halogens is 2. The minimum atomic E-state index is -2.72. The van der Waals surface area contributed by atoms with E-state index in [1.54, 1.807) is 0 Å². The van der Waals surface area contributed by atoms with Gasteiger partial charge in [-0.3, -0.25) is 0 Å². The average Bonchev–Trinajstić information content (AvgIpc) is 1.85. The topological polar surface area (TPSA) is 46.2 Å². The lowest BCUT2D eigenvalue weighted by molar-refractivity contribution is -0.119. The molecule has 3 N–H and O–H groups in total. The second-order valence-corrected chi connectivity index (χ2v) is 3.31. The predicted octanol–water partition coefficient (Wildman–Crippen LogP) is 0.885. The Labute approximate surface area is 64.4 Å². The van der Waals surface area contributed by atoms with Crippen molar-refractivity contribution in [3.05, 3.63) is 0 Å². The van der Waals surface area contributed by atoms with Gasteiger partial charge in [0.2, 0.25) is 0 Å². The molecule has 0 unspecified atom stereocenters. The summed E-state index contributed by atoms with van der Waals surface area (Å²) in [4.78, 5) is 0. The zero-order chi connectivity index (χ0) is 8.54. The molecule has 1 aliphatic carbocycles. The summed E-state index contributed by atoms with van der Waals surface area (Å²) in [6.07, 6.45) is 0.172. The molecule has 0 aromatic heterocycles. The summed E-state index contributed by atoms with van der Waals surface area (Å²) in [5, 5.41) is 9.41. The zero-order valence-electron chi connectivity index (χ0n) is 6.32. The second kappa shape index (κ2) is 2.68. The smallest absolute Gasteiger partial charge is 0.250 e. The molecule has 0 radical (unpaired) electrons. The van der Waals surface area contributed by atoms with Crippen LogP contribution in [0.4, 0.5) is 8.78 Å². The Morgan fingerprint density at radius 2 is 2.00 bits per heavy atom. The van der Waals surface area contributed by atoms with E-state index >= 15 is 0 Å². The molecular weight excluding hydrogens is 152 g/mol. The van der Waals surface area contributed by atoms with Crippen LogP contribution in [0.5, 0.6) is 0 Å². The molecule has 1 saturated carbocycles. The van der Waals surface area contributed by atoms with E-state index in [4.69, 9.17) is 5.73 Å². The Morgan fingerprint density at radius 3 is 2.36 bits per heavy atom. The van der Waals surface area contributed by atoms with Crippen LogP contribution in [-0.4, -0.2) is 23.2 Å². The molecule has 0 saturated heterocycles. The summed E-state index contributed by atoms with van der Waals surface area (Å²) in [6.45, 7) is -0.0669. The van der Waals surface area contributed by atoms with Gasteiger partial charge >= 0.3 is 0 Å². The summed E-state index contributed by atoms with van der Waals surface area (Å²) in [5.74, 6) is -2.72. The zero-order valence-corrected chi connectivity index (χ0v) is 6.32. The Hall–Kier alpha value is -0.220. The van der Waals surface area contributed by atoms with E-state index in [2.05, 4.69) is 0 Å². The molecule has 0 aromatic carbocycles. The quantitative estimate of drug-likeness (QED) is 0.606. The van der Waals surface area contributed by atoms with Crippen LogP contribution in [0.25, 0.3) is 0 Å². The van der Waals surface area contributed by atoms with Crippen molar-refractivity contribution in [2.45, 2.75) is 37.2 Å². The molecule has 1 rings (SSSR count). The van der Waals surface area contributed by atoms with Crippen molar-refractivity contribution in [3.63, 3.8) is 0 Å². The van der Waals surface area contributed by atoms with Gasteiger partial charge in [-0.15, -0.1) is 0 Å². The van der Waals surface area contributed by atoms with Crippen LogP contribution in [0.15, 0.2) is 0 Å². The molecule has 4 heteroatoms. The maximum absolute atomic E-state index is 12.7. The Balaban J connectivity index is 2.59. The standard InChI is InChI=1S/C7H13F2NO/c8-7(9)3-1-2-6(11,4-7)5-10/h11H,1-5,10H2/t6-/m0/s1. The van der Waals surface area contributed by atoms with Crippen molar-refractivity contribution in [1.29, 1.82) is 0 Å². The third-order valence-corrected chi connectivity index (χ3v) is 2.15. The average molecular weight is 165 g/mol. The fourth-order valence-electron chi connectivity index (χ4n) is 1.51. The fourth-order valence-corrected chi connectivity index (χ4v) is 1.51. The van der Waals surface area contributed by atoms with Crippen LogP contribution < -0.4 is 5.73 Å². The van der Waals surface area contributed by atoms with Crippen molar-refractivity contribution in [1.82, 2.24) is 0 Å². The molecule has 0 aromatic rings. The lowest BCUT2D eigenvalue weighted by Crippen LogP contribution is -2.46. The highest BCUT2D eigenvalue weighted by molar-refractivity contribution is 4.90. The monoisotopic (exact) mass is 165 g/mol. The van der Waals surface area contributed by atoms with Crippen LogP contribution >= 0.6 is 0 Å². The number of alkyl halides is 2. The molecule has 2 nitrogen and oxygen atoms in total. The minimum absolute atomic E-state index is 0.0669. The Bertz CT molecular complexity index is 151. The molecular formula is C7H13F2NO. The third-order valence-electron chi connectivity index (χ3n) is 2.15. The van der Waals surface area contributed by atoms with Crippen molar-refractivity contribution < 1.29 is 13.9 Å². The van der Waals surface area contributed by atoms with Crippen LogP contribution in [0, 0.1) is 0 Å². The Kier molecular flexibility index (Phi) is 2.16. The van der Waals surface area contributed by atoms with Gasteiger partial charge in [-0.2, -0.15) is 0 Å². The van der Waals surface area contributed by atoms with Gasteiger partial charge in [-0.25, -0.2) is 8.78 Å². The summed E-state index contributed by atoms with van der Waals surface area (Å²) < 4.78 is 25.3. The van der Waals surface area contributed by atoms with E-state index in [1.807, 2.05) is 0 Å². The van der Waals surface area contributed by atoms with Crippen LogP contribution in [0.1, 0.15) is 25.7 Å². The van der Waals surface area contributed by atoms with Crippen LogP contribution in [0.3, 0.4) is 0 Å². The van der Waals surface area contributed by atoms with E-state index in [1.165, 1.54) is 0 Å². The number of aliphatic hydroxyl groups is 1. The minimum Gasteiger partial charge on any atom is -0.388 e. The number of rotatable bonds is 1. The van der Waals surface area contributed by atoms with E-state index in [9.17, 15) is 13.9 Å². The van der Waals surface area contributed by atoms with Crippen molar-refractivity contribution in [2.75, 3.05) is 6.54 Å². The van der Waals surface area contributed by atoms with Gasteiger partial charge in [0.25, 0.3) is 5.92 Å². The molecule has 66 valence electrons. The first-order valence-electron chi connectivity index (χ1n) is 3.78. The SMILES string of the molecule is NC[C@]1(O)CCCC(F)(F)C1. The van der Waals surface area contributed by atoms with E-state index in [0.29, 0.717) is 12.8 Å². The third kappa shape index (κ3) is 2.10. The van der Waals surface area contributed by atoms with E-state index in [-0.39, 0.29) is 13.0 Å². The normalized spacial score (nSPS) is 37.1. The van der Waals surface area contributed by atoms with Gasteiger partial charge in [0, 0.05) is 19.4 Å². The number of hydrogen-bond donors (Lipinski definition) is 2. The number of nitrogens with two attached hydrogens (primary N) is 1. The van der Waals surface area contributed by atoms with Crippen molar-refractivity contribution in [2.24, 2.45) is 5.73 Å². The number of hydrogen-bond acceptors (Lipinski definition) is 2. The second-order valence-electron chi connectivity index (χ2n) is 3.31. The first kappa shape index (κ1) is 8.87. The first-order chi connectivity index (χ1) is 4.97. The van der Waals surface area contributed by atoms with Crippen LogP contribution in [0.2, 0.25) is 0 Å². The first-order valence-corrected chi connectivity index (χ1v) is 3.78. The van der Waals surface area contributed by atoms with Gasteiger partial charge in [-0.05, 0) is 12.8 Å². The molecule has 0 bridgehead atoms. The molecule has 1 fully saturated rings. The summed E-state index contributed by atoms with van der Waals surface area (Å²) in [7, 11) is 0. The van der Waals surface area contributed by atoms with Crippen LogP contribution in [-0.2, 0) is 0 Å². The largest absolute Gasteiger partial charge is 0.388 e. The highest BCUT2D eigenvalue weighted by Gasteiger charge is 2.43.